The fraction of sp³-hybridized carbons (Fsp3) is 0.533. The number of aromatic nitrogens is 2. The van der Waals surface area contributed by atoms with E-state index >= 15 is 0 Å². The normalized spacial score (nSPS) is 27.2. The number of nitrogens with one attached hydrogen (secondary N) is 1. The molecule has 5 heterocycles. The van der Waals surface area contributed by atoms with E-state index < -0.39 is 11.6 Å². The Morgan fingerprint density at radius 2 is 1.87 bits per heavy atom. The highest BCUT2D eigenvalue weighted by molar-refractivity contribution is 5.95. The summed E-state index contributed by atoms with van der Waals surface area (Å²) in [5.74, 6) is -1.21. The van der Waals surface area contributed by atoms with E-state index in [1.807, 2.05) is 18.2 Å². The van der Waals surface area contributed by atoms with Crippen LogP contribution in [-0.2, 0) is 13.0 Å². The number of nitrogens with zero attached hydrogens (tertiary/aromatic N) is 4. The molecular formula is C30H35F2N5O. The maximum atomic E-state index is 15.0. The monoisotopic (exact) mass is 519 g/mol. The largest absolute Gasteiger partial charge is 0.462 e. The van der Waals surface area contributed by atoms with Gasteiger partial charge in [-0.1, -0.05) is 18.2 Å². The fourth-order valence-corrected chi connectivity index (χ4v) is 7.24. The molecule has 3 aromatic rings. The molecule has 0 spiro atoms. The van der Waals surface area contributed by atoms with Crippen LogP contribution in [0.1, 0.15) is 61.4 Å². The molecule has 3 saturated heterocycles. The minimum atomic E-state index is -0.819. The number of hydrogen-bond donors (Lipinski definition) is 1. The van der Waals surface area contributed by atoms with Crippen LogP contribution in [0.15, 0.2) is 30.3 Å². The van der Waals surface area contributed by atoms with E-state index in [0.29, 0.717) is 66.2 Å². The number of ether oxygens (including phenoxy) is 1. The molecule has 0 radical (unpaired) electrons. The average molecular weight is 520 g/mol. The van der Waals surface area contributed by atoms with Crippen molar-refractivity contribution in [3.8, 4) is 6.01 Å². The number of fused-ring (bicyclic) bond motifs is 4. The molecular weight excluding hydrogens is 484 g/mol. The zero-order valence-corrected chi connectivity index (χ0v) is 21.9. The lowest BCUT2D eigenvalue weighted by Gasteiger charge is -2.35. The van der Waals surface area contributed by atoms with Gasteiger partial charge < -0.3 is 19.9 Å². The Kier molecular flexibility index (Phi) is 6.20. The summed E-state index contributed by atoms with van der Waals surface area (Å²) in [5.41, 5.74) is 4.04. The van der Waals surface area contributed by atoms with Crippen molar-refractivity contribution in [2.75, 3.05) is 31.6 Å². The van der Waals surface area contributed by atoms with Crippen molar-refractivity contribution in [2.24, 2.45) is 0 Å². The van der Waals surface area contributed by atoms with E-state index in [1.54, 1.807) is 6.07 Å². The lowest BCUT2D eigenvalue weighted by molar-refractivity contribution is 0.186. The van der Waals surface area contributed by atoms with Crippen LogP contribution in [0.5, 0.6) is 6.01 Å². The second kappa shape index (κ2) is 9.72. The Balaban J connectivity index is 1.24. The number of benzene rings is 2. The zero-order chi connectivity index (χ0) is 25.8. The highest BCUT2D eigenvalue weighted by Crippen LogP contribution is 2.41. The van der Waals surface area contributed by atoms with E-state index in [2.05, 4.69) is 22.2 Å². The molecule has 4 aliphatic rings. The third kappa shape index (κ3) is 4.31. The molecule has 0 aliphatic carbocycles. The van der Waals surface area contributed by atoms with Gasteiger partial charge in [-0.05, 0) is 81.6 Å². The van der Waals surface area contributed by atoms with Crippen molar-refractivity contribution in [2.45, 2.75) is 75.5 Å². The van der Waals surface area contributed by atoms with Crippen LogP contribution in [0.4, 0.5) is 14.5 Å². The third-order valence-electron chi connectivity index (χ3n) is 9.27. The van der Waals surface area contributed by atoms with Gasteiger partial charge in [-0.3, -0.25) is 0 Å². The molecule has 0 amide bonds. The third-order valence-corrected chi connectivity index (χ3v) is 9.27. The predicted molar refractivity (Wildman–Crippen MR) is 144 cm³/mol. The predicted octanol–water partition coefficient (Wildman–Crippen LogP) is 4.94. The Morgan fingerprint density at radius 1 is 1.03 bits per heavy atom. The summed E-state index contributed by atoms with van der Waals surface area (Å²) < 4.78 is 35.5. The summed E-state index contributed by atoms with van der Waals surface area (Å²) in [5, 5.41) is 4.79. The van der Waals surface area contributed by atoms with Crippen LogP contribution >= 0.6 is 0 Å². The van der Waals surface area contributed by atoms with Crippen LogP contribution in [0, 0.1) is 11.6 Å². The van der Waals surface area contributed by atoms with Crippen molar-refractivity contribution < 1.29 is 13.5 Å². The molecule has 1 N–H and O–H groups in total. The van der Waals surface area contributed by atoms with Crippen molar-refractivity contribution in [1.29, 1.82) is 0 Å². The van der Waals surface area contributed by atoms with Crippen LogP contribution in [0.3, 0.4) is 0 Å². The van der Waals surface area contributed by atoms with Crippen LogP contribution in [-0.4, -0.2) is 59.7 Å². The summed E-state index contributed by atoms with van der Waals surface area (Å²) in [7, 11) is 2.15. The van der Waals surface area contributed by atoms with Gasteiger partial charge in [0, 0.05) is 41.7 Å². The molecule has 8 heteroatoms. The number of anilines is 1. The minimum Gasteiger partial charge on any atom is -0.462 e. The lowest BCUT2D eigenvalue weighted by atomic mass is 9.85. The highest BCUT2D eigenvalue weighted by atomic mass is 19.2. The van der Waals surface area contributed by atoms with Gasteiger partial charge in [0.25, 0.3) is 0 Å². The Morgan fingerprint density at radius 3 is 2.66 bits per heavy atom. The van der Waals surface area contributed by atoms with E-state index in [4.69, 9.17) is 14.7 Å². The maximum absolute atomic E-state index is 15.0. The number of rotatable bonds is 5. The first kappa shape index (κ1) is 24.2. The first-order valence-corrected chi connectivity index (χ1v) is 14.1. The van der Waals surface area contributed by atoms with E-state index in [9.17, 15) is 8.78 Å². The van der Waals surface area contributed by atoms with E-state index in [1.165, 1.54) is 30.9 Å². The van der Waals surface area contributed by atoms with Crippen molar-refractivity contribution in [1.82, 2.24) is 20.2 Å². The van der Waals surface area contributed by atoms with Gasteiger partial charge in [0.15, 0.2) is 11.6 Å². The van der Waals surface area contributed by atoms with Gasteiger partial charge in [0.05, 0.1) is 17.9 Å². The van der Waals surface area contributed by atoms with Crippen LogP contribution in [0.25, 0.3) is 10.8 Å². The number of likely N-dealkylation sites (tertiary alicyclic amines) is 1. The van der Waals surface area contributed by atoms with E-state index in [-0.39, 0.29) is 0 Å². The molecule has 3 atom stereocenters. The number of halogens is 2. The summed E-state index contributed by atoms with van der Waals surface area (Å²) in [6.45, 7) is 2.92. The summed E-state index contributed by atoms with van der Waals surface area (Å²) in [6, 6.07) is 10.4. The number of piperidine rings is 1. The Labute approximate surface area is 222 Å². The molecule has 38 heavy (non-hydrogen) atoms. The first-order chi connectivity index (χ1) is 18.5. The molecule has 2 bridgehead atoms. The lowest BCUT2D eigenvalue weighted by Crippen LogP contribution is -2.39. The van der Waals surface area contributed by atoms with Crippen LogP contribution < -0.4 is 15.0 Å². The molecule has 2 aromatic carbocycles. The summed E-state index contributed by atoms with van der Waals surface area (Å²) >= 11 is 0. The Bertz CT molecular complexity index is 1350. The molecule has 1 aromatic heterocycles. The molecule has 6 nitrogen and oxygen atoms in total. The van der Waals surface area contributed by atoms with Gasteiger partial charge in [-0.15, -0.1) is 0 Å². The van der Waals surface area contributed by atoms with E-state index in [0.717, 1.165) is 43.6 Å². The molecule has 2 unspecified atom stereocenters. The van der Waals surface area contributed by atoms with Crippen molar-refractivity contribution in [3.05, 3.63) is 58.9 Å². The smallest absolute Gasteiger partial charge is 0.316 e. The number of hydrogen-bond acceptors (Lipinski definition) is 6. The summed E-state index contributed by atoms with van der Waals surface area (Å²) in [6.07, 6.45) is 7.78. The maximum Gasteiger partial charge on any atom is 0.316 e. The molecule has 3 fully saturated rings. The summed E-state index contributed by atoms with van der Waals surface area (Å²) in [4.78, 5) is 14.5. The molecule has 4 aliphatic heterocycles. The van der Waals surface area contributed by atoms with Crippen molar-refractivity contribution in [3.63, 3.8) is 0 Å². The van der Waals surface area contributed by atoms with Gasteiger partial charge in [-0.25, -0.2) is 8.78 Å². The standard InChI is InChI=1S/C30H35F2N5O/c1-36-12-3-5-22(36)17-38-30-34-25-16-37(26-6-2-4-18-7-10-24(31)28(32)27(18)26)13-11-23(25)29(35-30)19-14-20-8-9-21(15-19)33-20/h2,4,6-7,10,19-22,33H,3,5,8-9,11-17H2,1H3/t19?,20?,21?,22-/m0/s1. The zero-order valence-electron chi connectivity index (χ0n) is 21.9. The fourth-order valence-electron chi connectivity index (χ4n) is 7.24. The average Bonchev–Trinajstić information content (AvgIpc) is 3.51. The second-order valence-corrected chi connectivity index (χ2v) is 11.6. The second-order valence-electron chi connectivity index (χ2n) is 11.6. The SMILES string of the molecule is CN1CCC[C@H]1COc1nc2c(c(C3CC4CCC(C3)N4)n1)CCN(c1cccc3ccc(F)c(F)c13)C2. The van der Waals surface area contributed by atoms with Gasteiger partial charge in [0.2, 0.25) is 0 Å². The van der Waals surface area contributed by atoms with Gasteiger partial charge >= 0.3 is 6.01 Å². The highest BCUT2D eigenvalue weighted by Gasteiger charge is 2.37. The Hall–Kier alpha value is -2.84. The topological polar surface area (TPSA) is 53.5 Å². The molecule has 7 rings (SSSR count). The van der Waals surface area contributed by atoms with Gasteiger partial charge in [-0.2, -0.15) is 9.97 Å². The molecule has 200 valence electrons. The van der Waals surface area contributed by atoms with Crippen LogP contribution in [0.2, 0.25) is 0 Å². The quantitative estimate of drug-likeness (QED) is 0.515. The number of likely N-dealkylation sites (N-methyl/N-ethyl adjacent to an activating group) is 1. The minimum absolute atomic E-state index is 0.334. The molecule has 0 saturated carbocycles. The first-order valence-electron chi connectivity index (χ1n) is 14.1. The van der Waals surface area contributed by atoms with Crippen molar-refractivity contribution >= 4 is 16.5 Å². The van der Waals surface area contributed by atoms with Gasteiger partial charge in [0.1, 0.15) is 6.61 Å².